The van der Waals surface area contributed by atoms with Crippen LogP contribution >= 0.6 is 11.3 Å². The van der Waals surface area contributed by atoms with E-state index in [-0.39, 0.29) is 0 Å². The minimum absolute atomic E-state index is 0.363. The van der Waals surface area contributed by atoms with E-state index in [4.69, 9.17) is 0 Å². The number of hydrogen-bond acceptors (Lipinski definition) is 2. The maximum Gasteiger partial charge on any atom is 0.136 e. The molecule has 0 aliphatic heterocycles. The number of aryl methyl sites for hydroxylation is 1. The summed E-state index contributed by atoms with van der Waals surface area (Å²) in [7, 11) is 0. The first kappa shape index (κ1) is 11.8. The van der Waals surface area contributed by atoms with Crippen LogP contribution in [0.5, 0.6) is 0 Å². The molecule has 1 aromatic heterocycles. The lowest BCUT2D eigenvalue weighted by atomic mass is 9.79. The van der Waals surface area contributed by atoms with Crippen LogP contribution in [-0.4, -0.2) is 5.78 Å². The summed E-state index contributed by atoms with van der Waals surface area (Å²) in [6, 6.07) is 2.13. The molecule has 2 heteroatoms. The van der Waals surface area contributed by atoms with Crippen LogP contribution in [0.25, 0.3) is 0 Å². The summed E-state index contributed by atoms with van der Waals surface area (Å²) in [5.41, 5.74) is 1.32. The Balaban J connectivity index is 1.79. The highest BCUT2D eigenvalue weighted by atomic mass is 32.1. The number of Topliss-reactive ketones (excluding diaryl/α,β-unsaturated/α-hetero) is 1. The fourth-order valence-electron chi connectivity index (χ4n) is 2.63. The van der Waals surface area contributed by atoms with E-state index in [1.165, 1.54) is 18.4 Å². The van der Waals surface area contributed by atoms with Crippen LogP contribution in [0.1, 0.15) is 44.6 Å². The van der Waals surface area contributed by atoms with Gasteiger partial charge in [-0.25, -0.2) is 0 Å². The number of hydrogen-bond donors (Lipinski definition) is 0. The first-order valence-corrected chi connectivity index (χ1v) is 7.24. The van der Waals surface area contributed by atoms with Gasteiger partial charge in [-0.05, 0) is 47.6 Å². The van der Waals surface area contributed by atoms with Gasteiger partial charge in [-0.15, -0.1) is 0 Å². The van der Waals surface area contributed by atoms with E-state index < -0.39 is 0 Å². The number of carbonyl (C=O) groups excluding carboxylic acids is 1. The quantitative estimate of drug-likeness (QED) is 0.770. The Morgan fingerprint density at radius 1 is 1.50 bits per heavy atom. The van der Waals surface area contributed by atoms with E-state index in [1.54, 1.807) is 11.3 Å². The zero-order valence-electron chi connectivity index (χ0n) is 9.95. The van der Waals surface area contributed by atoms with E-state index in [0.717, 1.165) is 31.6 Å². The molecular weight excluding hydrogens is 216 g/mol. The molecule has 0 aromatic carbocycles. The maximum absolute atomic E-state index is 12.0. The molecule has 0 N–H and O–H groups in total. The van der Waals surface area contributed by atoms with Crippen LogP contribution in [0.2, 0.25) is 0 Å². The topological polar surface area (TPSA) is 17.1 Å². The predicted molar refractivity (Wildman–Crippen MR) is 68.8 cm³/mol. The van der Waals surface area contributed by atoms with Crippen LogP contribution in [-0.2, 0) is 11.2 Å². The van der Waals surface area contributed by atoms with E-state index in [0.29, 0.717) is 11.7 Å². The third-order valence-electron chi connectivity index (χ3n) is 3.63. The Bertz CT molecular complexity index is 329. The zero-order valence-corrected chi connectivity index (χ0v) is 10.8. The third-order valence-corrected chi connectivity index (χ3v) is 4.36. The van der Waals surface area contributed by atoms with Crippen molar-refractivity contribution >= 4 is 17.1 Å². The molecule has 1 aliphatic rings. The lowest BCUT2D eigenvalue weighted by molar-refractivity contribution is -0.124. The second kappa shape index (κ2) is 5.62. The van der Waals surface area contributed by atoms with Crippen molar-refractivity contribution in [3.63, 3.8) is 0 Å². The summed E-state index contributed by atoms with van der Waals surface area (Å²) in [6.07, 6.45) is 6.50. The summed E-state index contributed by atoms with van der Waals surface area (Å²) in [6.45, 7) is 2.28. The fraction of sp³-hybridized carbons (Fsp3) is 0.643. The molecule has 2 unspecified atom stereocenters. The Hall–Kier alpha value is -0.630. The van der Waals surface area contributed by atoms with Crippen molar-refractivity contribution in [2.75, 3.05) is 0 Å². The molecule has 1 aliphatic carbocycles. The van der Waals surface area contributed by atoms with E-state index in [1.807, 2.05) is 0 Å². The normalized spacial score (nSPS) is 25.6. The molecular formula is C14H20OS. The summed E-state index contributed by atoms with van der Waals surface area (Å²) >= 11 is 1.72. The van der Waals surface area contributed by atoms with Gasteiger partial charge in [0, 0.05) is 12.3 Å². The molecule has 2 rings (SSSR count). The lowest BCUT2D eigenvalue weighted by Gasteiger charge is -2.25. The molecule has 1 saturated carbocycles. The predicted octanol–water partition coefficient (Wildman–Crippen LogP) is 4.08. The zero-order chi connectivity index (χ0) is 11.4. The maximum atomic E-state index is 12.0. The van der Waals surface area contributed by atoms with Crippen molar-refractivity contribution in [1.82, 2.24) is 0 Å². The average molecular weight is 236 g/mol. The summed E-state index contributed by atoms with van der Waals surface area (Å²) < 4.78 is 0. The summed E-state index contributed by atoms with van der Waals surface area (Å²) in [5.74, 6) is 1.61. The smallest absolute Gasteiger partial charge is 0.136 e. The molecule has 1 fully saturated rings. The molecule has 0 amide bonds. The fourth-order valence-corrected chi connectivity index (χ4v) is 3.34. The van der Waals surface area contributed by atoms with Gasteiger partial charge in [-0.1, -0.05) is 19.8 Å². The van der Waals surface area contributed by atoms with Gasteiger partial charge in [0.15, 0.2) is 0 Å². The SMILES string of the molecule is CC1CCCC(C(=O)CCc2ccsc2)C1. The summed E-state index contributed by atoms with van der Waals surface area (Å²) in [5, 5.41) is 4.24. The van der Waals surface area contributed by atoms with Crippen LogP contribution < -0.4 is 0 Å². The van der Waals surface area contributed by atoms with Gasteiger partial charge >= 0.3 is 0 Å². The Morgan fingerprint density at radius 2 is 2.38 bits per heavy atom. The second-order valence-corrected chi connectivity index (χ2v) is 5.85. The van der Waals surface area contributed by atoms with Crippen molar-refractivity contribution in [2.45, 2.75) is 45.4 Å². The van der Waals surface area contributed by atoms with Crippen LogP contribution in [0.15, 0.2) is 16.8 Å². The van der Waals surface area contributed by atoms with Crippen molar-refractivity contribution in [2.24, 2.45) is 11.8 Å². The van der Waals surface area contributed by atoms with Gasteiger partial charge in [0.25, 0.3) is 0 Å². The minimum atomic E-state index is 0.363. The second-order valence-electron chi connectivity index (χ2n) is 5.07. The number of carbonyl (C=O) groups is 1. The molecule has 0 spiro atoms. The Kier molecular flexibility index (Phi) is 4.16. The van der Waals surface area contributed by atoms with Crippen molar-refractivity contribution in [3.05, 3.63) is 22.4 Å². The average Bonchev–Trinajstić information content (AvgIpc) is 2.78. The number of rotatable bonds is 4. The molecule has 16 heavy (non-hydrogen) atoms. The van der Waals surface area contributed by atoms with Crippen molar-refractivity contribution in [3.8, 4) is 0 Å². The lowest BCUT2D eigenvalue weighted by Crippen LogP contribution is -2.21. The first-order chi connectivity index (χ1) is 7.75. The highest BCUT2D eigenvalue weighted by molar-refractivity contribution is 7.07. The summed E-state index contributed by atoms with van der Waals surface area (Å²) in [4.78, 5) is 12.0. The monoisotopic (exact) mass is 236 g/mol. The Labute approximate surface area is 102 Å². The Morgan fingerprint density at radius 3 is 3.06 bits per heavy atom. The van der Waals surface area contributed by atoms with Crippen LogP contribution in [0.3, 0.4) is 0 Å². The van der Waals surface area contributed by atoms with Gasteiger partial charge in [0.2, 0.25) is 0 Å². The molecule has 0 radical (unpaired) electrons. The van der Waals surface area contributed by atoms with Gasteiger partial charge < -0.3 is 0 Å². The standard InChI is InChI=1S/C14H20OS/c1-11-3-2-4-13(9-11)14(15)6-5-12-7-8-16-10-12/h7-8,10-11,13H,2-6,9H2,1H3. The van der Waals surface area contributed by atoms with Crippen molar-refractivity contribution < 1.29 is 4.79 Å². The van der Waals surface area contributed by atoms with Crippen molar-refractivity contribution in [1.29, 1.82) is 0 Å². The van der Waals surface area contributed by atoms with Crippen LogP contribution in [0.4, 0.5) is 0 Å². The molecule has 0 saturated heterocycles. The highest BCUT2D eigenvalue weighted by Crippen LogP contribution is 2.30. The molecule has 1 heterocycles. The van der Waals surface area contributed by atoms with E-state index >= 15 is 0 Å². The number of thiophene rings is 1. The van der Waals surface area contributed by atoms with Gasteiger partial charge in [-0.2, -0.15) is 11.3 Å². The molecule has 1 nitrogen and oxygen atoms in total. The molecule has 1 aromatic rings. The highest BCUT2D eigenvalue weighted by Gasteiger charge is 2.24. The van der Waals surface area contributed by atoms with Gasteiger partial charge in [-0.3, -0.25) is 4.79 Å². The largest absolute Gasteiger partial charge is 0.299 e. The minimum Gasteiger partial charge on any atom is -0.299 e. The first-order valence-electron chi connectivity index (χ1n) is 6.29. The molecule has 0 bridgehead atoms. The van der Waals surface area contributed by atoms with Gasteiger partial charge in [0.1, 0.15) is 5.78 Å². The van der Waals surface area contributed by atoms with Crippen LogP contribution in [0, 0.1) is 11.8 Å². The van der Waals surface area contributed by atoms with E-state index in [9.17, 15) is 4.79 Å². The molecule has 88 valence electrons. The number of ketones is 1. The molecule has 2 atom stereocenters. The third kappa shape index (κ3) is 3.18. The van der Waals surface area contributed by atoms with Gasteiger partial charge in [0.05, 0.1) is 0 Å². The van der Waals surface area contributed by atoms with E-state index in [2.05, 4.69) is 23.8 Å².